The zero-order valence-electron chi connectivity index (χ0n) is 12.0. The number of nitrogens with zero attached hydrogens (tertiary/aromatic N) is 1. The van der Waals surface area contributed by atoms with Gasteiger partial charge < -0.3 is 20.8 Å². The molecule has 3 rings (SSSR count). The van der Waals surface area contributed by atoms with Gasteiger partial charge >= 0.3 is 0 Å². The molecular weight excluding hydrogens is 262 g/mol. The van der Waals surface area contributed by atoms with Crippen LogP contribution < -0.4 is 5.73 Å². The summed E-state index contributed by atoms with van der Waals surface area (Å²) in [5.74, 6) is 0.296. The number of phenolic OH excluding ortho intramolecular Hbond substituents is 1. The summed E-state index contributed by atoms with van der Waals surface area (Å²) < 4.78 is 2.24. The van der Waals surface area contributed by atoms with Gasteiger partial charge in [0, 0.05) is 28.8 Å². The van der Waals surface area contributed by atoms with Gasteiger partial charge in [0.1, 0.15) is 5.75 Å². The van der Waals surface area contributed by atoms with Gasteiger partial charge in [-0.25, -0.2) is 0 Å². The number of hydrogen-bond donors (Lipinski definition) is 3. The van der Waals surface area contributed by atoms with Gasteiger partial charge in [0.15, 0.2) is 0 Å². The first-order chi connectivity index (χ1) is 10.2. The fraction of sp³-hybridized carbons (Fsp3) is 0.118. The third-order valence-corrected chi connectivity index (χ3v) is 3.41. The topological polar surface area (TPSA) is 75.0 Å². The van der Waals surface area contributed by atoms with Crippen molar-refractivity contribution in [3.63, 3.8) is 0 Å². The van der Waals surface area contributed by atoms with Crippen LogP contribution in [0.5, 0.6) is 5.75 Å². The van der Waals surface area contributed by atoms with E-state index in [1.165, 1.54) is 0 Å². The van der Waals surface area contributed by atoms with E-state index in [0.717, 1.165) is 34.4 Å². The second-order valence-corrected chi connectivity index (χ2v) is 4.64. The fourth-order valence-electron chi connectivity index (χ4n) is 2.49. The van der Waals surface area contributed by atoms with E-state index in [0.29, 0.717) is 5.75 Å². The minimum Gasteiger partial charge on any atom is -0.508 e. The molecule has 0 saturated heterocycles. The maximum absolute atomic E-state index is 9.58. The predicted molar refractivity (Wildman–Crippen MR) is 89.0 cm³/mol. The van der Waals surface area contributed by atoms with Gasteiger partial charge in [0.05, 0.1) is 0 Å². The average molecular weight is 281 g/mol. The smallest absolute Gasteiger partial charge is 0.116 e. The van der Waals surface area contributed by atoms with Gasteiger partial charge in [-0.3, -0.25) is 0 Å². The minimum atomic E-state index is 0.296. The zero-order chi connectivity index (χ0) is 15.4. The summed E-state index contributed by atoms with van der Waals surface area (Å²) in [7, 11) is 0. The number of aryl methyl sites for hydroxylation is 1. The quantitative estimate of drug-likeness (QED) is 0.492. The van der Waals surface area contributed by atoms with Crippen LogP contribution in [0.1, 0.15) is 6.92 Å². The molecule has 21 heavy (non-hydrogen) atoms. The monoisotopic (exact) mass is 281 g/mol. The summed E-state index contributed by atoms with van der Waals surface area (Å²) >= 11 is 0. The van der Waals surface area contributed by atoms with Crippen LogP contribution in [0.3, 0.4) is 0 Å². The molecule has 0 bridgehead atoms. The lowest BCUT2D eigenvalue weighted by Crippen LogP contribution is -1.96. The lowest BCUT2D eigenvalue weighted by Gasteiger charge is -2.08. The number of benzene rings is 2. The molecule has 3 aromatic rings. The first-order valence-corrected chi connectivity index (χ1v) is 6.72. The van der Waals surface area contributed by atoms with E-state index in [9.17, 15) is 5.11 Å². The van der Waals surface area contributed by atoms with Crippen molar-refractivity contribution < 1.29 is 5.11 Å². The summed E-state index contributed by atoms with van der Waals surface area (Å²) in [6.07, 6.45) is 0. The number of nitrogens with two attached hydrogens (primary N) is 1. The molecule has 0 atom stereocenters. The number of anilines is 1. The van der Waals surface area contributed by atoms with E-state index in [1.54, 1.807) is 12.1 Å². The molecule has 0 amide bonds. The van der Waals surface area contributed by atoms with E-state index < -0.39 is 0 Å². The number of nitrogens with one attached hydrogen (secondary N) is 1. The molecule has 2 aromatic carbocycles. The van der Waals surface area contributed by atoms with E-state index in [2.05, 4.69) is 24.3 Å². The van der Waals surface area contributed by atoms with Crippen LogP contribution in [0.2, 0.25) is 0 Å². The first kappa shape index (κ1) is 14.7. The Labute approximate surface area is 124 Å². The lowest BCUT2D eigenvalue weighted by molar-refractivity contribution is 0.476. The van der Waals surface area contributed by atoms with Crippen molar-refractivity contribution in [2.24, 2.45) is 0 Å². The molecular formula is C17H19N3O. The number of hydrogen-bond acceptors (Lipinski definition) is 3. The Kier molecular flexibility index (Phi) is 4.28. The highest BCUT2D eigenvalue weighted by Gasteiger charge is 2.09. The van der Waals surface area contributed by atoms with Gasteiger partial charge in [-0.2, -0.15) is 0 Å². The molecule has 4 N–H and O–H groups in total. The fourth-order valence-corrected chi connectivity index (χ4v) is 2.49. The molecule has 0 spiro atoms. The van der Waals surface area contributed by atoms with Crippen molar-refractivity contribution in [2.75, 3.05) is 5.73 Å². The number of phenols is 1. The largest absolute Gasteiger partial charge is 0.508 e. The van der Waals surface area contributed by atoms with Crippen molar-refractivity contribution in [1.82, 2.24) is 4.57 Å². The second-order valence-electron chi connectivity index (χ2n) is 4.64. The van der Waals surface area contributed by atoms with E-state index in [4.69, 9.17) is 11.1 Å². The van der Waals surface area contributed by atoms with Crippen LogP contribution >= 0.6 is 0 Å². The molecule has 0 fully saturated rings. The van der Waals surface area contributed by atoms with Crippen LogP contribution in [0.25, 0.3) is 22.2 Å². The van der Waals surface area contributed by atoms with Crippen LogP contribution in [0, 0.1) is 5.41 Å². The highest BCUT2D eigenvalue weighted by molar-refractivity contribution is 5.88. The van der Waals surface area contributed by atoms with Crippen LogP contribution in [0.4, 0.5) is 5.69 Å². The normalized spacial score (nSPS) is 10.1. The lowest BCUT2D eigenvalue weighted by atomic mass is 10.1. The highest BCUT2D eigenvalue weighted by Crippen LogP contribution is 2.30. The van der Waals surface area contributed by atoms with Crippen molar-refractivity contribution in [2.45, 2.75) is 13.5 Å². The van der Waals surface area contributed by atoms with Gasteiger partial charge in [-0.1, -0.05) is 12.1 Å². The Hall–Kier alpha value is -2.75. The molecule has 0 radical (unpaired) electrons. The van der Waals surface area contributed by atoms with Crippen molar-refractivity contribution >= 4 is 23.3 Å². The summed E-state index contributed by atoms with van der Waals surface area (Å²) in [6, 6.07) is 15.4. The van der Waals surface area contributed by atoms with Gasteiger partial charge in [0.25, 0.3) is 0 Å². The van der Waals surface area contributed by atoms with Crippen molar-refractivity contribution in [1.29, 1.82) is 5.41 Å². The summed E-state index contributed by atoms with van der Waals surface area (Å²) in [5.41, 5.74) is 9.90. The Balaban J connectivity index is 0.000000774. The Bertz CT molecular complexity index is 745. The maximum atomic E-state index is 9.58. The standard InChI is InChI=1S/C16H16N2O.CH3N/c1-2-18-15-8-7-14(19)9-12(15)10-16(18)11-3-5-13(17)6-4-11;1-2/h3-10,19H,2,17H2,1H3;2H,1H2. The number of aromatic hydroxyl groups is 1. The molecule has 0 unspecified atom stereocenters. The first-order valence-electron chi connectivity index (χ1n) is 6.72. The number of rotatable bonds is 2. The molecule has 0 saturated carbocycles. The van der Waals surface area contributed by atoms with Gasteiger partial charge in [-0.05, 0) is 55.6 Å². The molecule has 4 heteroatoms. The summed E-state index contributed by atoms with van der Waals surface area (Å²) in [6.45, 7) is 5.50. The molecule has 1 aromatic heterocycles. The molecule has 0 aliphatic rings. The minimum absolute atomic E-state index is 0.296. The van der Waals surface area contributed by atoms with Gasteiger partial charge in [-0.15, -0.1) is 0 Å². The zero-order valence-corrected chi connectivity index (χ0v) is 12.0. The molecule has 4 nitrogen and oxygen atoms in total. The Morgan fingerprint density at radius 2 is 1.76 bits per heavy atom. The molecule has 0 aliphatic carbocycles. The third kappa shape index (κ3) is 2.74. The molecule has 108 valence electrons. The van der Waals surface area contributed by atoms with Crippen molar-refractivity contribution in [3.8, 4) is 17.0 Å². The van der Waals surface area contributed by atoms with E-state index in [-0.39, 0.29) is 0 Å². The number of fused-ring (bicyclic) bond motifs is 1. The second kappa shape index (κ2) is 6.13. The van der Waals surface area contributed by atoms with Crippen LogP contribution in [0.15, 0.2) is 48.5 Å². The summed E-state index contributed by atoms with van der Waals surface area (Å²) in [4.78, 5) is 0. The Morgan fingerprint density at radius 3 is 2.38 bits per heavy atom. The highest BCUT2D eigenvalue weighted by atomic mass is 16.3. The number of aromatic nitrogens is 1. The third-order valence-electron chi connectivity index (χ3n) is 3.41. The summed E-state index contributed by atoms with van der Waals surface area (Å²) in [5, 5.41) is 16.1. The average Bonchev–Trinajstić information content (AvgIpc) is 2.87. The number of nitrogen functional groups attached to an aromatic ring is 1. The van der Waals surface area contributed by atoms with Crippen molar-refractivity contribution in [3.05, 3.63) is 48.5 Å². The maximum Gasteiger partial charge on any atom is 0.116 e. The Morgan fingerprint density at radius 1 is 1.10 bits per heavy atom. The molecule has 0 aliphatic heterocycles. The van der Waals surface area contributed by atoms with Gasteiger partial charge in [0.2, 0.25) is 0 Å². The SMILES string of the molecule is C=N.CCn1c(-c2ccc(N)cc2)cc2cc(O)ccc21. The van der Waals surface area contributed by atoms with Crippen LogP contribution in [-0.4, -0.2) is 16.4 Å². The molecule has 1 heterocycles. The predicted octanol–water partition coefficient (Wildman–Crippen LogP) is 3.88. The van der Waals surface area contributed by atoms with E-state index >= 15 is 0 Å². The van der Waals surface area contributed by atoms with Crippen LogP contribution in [-0.2, 0) is 6.54 Å². The van der Waals surface area contributed by atoms with E-state index in [1.807, 2.05) is 30.3 Å².